The van der Waals surface area contributed by atoms with Gasteiger partial charge in [0, 0.05) is 75.5 Å². The fourth-order valence-electron chi connectivity index (χ4n) is 7.05. The standard InChI is InChI=1S/C38H53F3N8O4/c1-27-30(42-12-15-46-13-6-7-14-46)21-28(52-25-38(41,23-39)24-40)22-31(27)47-16-18-48(19-17-47)35-34-29(10-11-33(50)53-37(2,3)4)45-49(36(34)44-26-43-35)32-9-5-8-20-51-32/h10-11,21-22,26,32,42H,5-9,12-20,23-25H2,1-4H3. The van der Waals surface area contributed by atoms with Crippen LogP contribution in [0.5, 0.6) is 5.75 Å². The molecule has 3 aliphatic heterocycles. The molecule has 15 heteroatoms. The highest BCUT2D eigenvalue weighted by atomic mass is 19.2. The normalized spacial score (nSPS) is 19.0. The van der Waals surface area contributed by atoms with Crippen LogP contribution >= 0.6 is 0 Å². The Morgan fingerprint density at radius 3 is 2.43 bits per heavy atom. The quantitative estimate of drug-likeness (QED) is 0.154. The van der Waals surface area contributed by atoms with E-state index in [2.05, 4.69) is 25.0 Å². The van der Waals surface area contributed by atoms with Gasteiger partial charge in [0.25, 0.3) is 0 Å². The zero-order chi connectivity index (χ0) is 37.6. The summed E-state index contributed by atoms with van der Waals surface area (Å²) in [5.74, 6) is 0.575. The van der Waals surface area contributed by atoms with Gasteiger partial charge in [-0.2, -0.15) is 5.10 Å². The Balaban J connectivity index is 1.25. The highest BCUT2D eigenvalue weighted by molar-refractivity contribution is 5.97. The SMILES string of the molecule is Cc1c(NCCN2CCCC2)cc(OCC(F)(CF)CF)cc1N1CCN(c2ncnc3c2c(C=CC(=O)OC(C)(C)C)nn3C2CCCCO2)CC1. The zero-order valence-corrected chi connectivity index (χ0v) is 31.4. The van der Waals surface area contributed by atoms with E-state index >= 15 is 0 Å². The van der Waals surface area contributed by atoms with Gasteiger partial charge < -0.3 is 34.2 Å². The van der Waals surface area contributed by atoms with Crippen LogP contribution in [0.2, 0.25) is 0 Å². The summed E-state index contributed by atoms with van der Waals surface area (Å²) in [5.41, 5.74) is 0.579. The lowest BCUT2D eigenvalue weighted by atomic mass is 10.1. The molecule has 1 unspecified atom stereocenters. The monoisotopic (exact) mass is 742 g/mol. The first-order valence-corrected chi connectivity index (χ1v) is 18.8. The van der Waals surface area contributed by atoms with Gasteiger partial charge >= 0.3 is 5.97 Å². The number of piperazine rings is 1. The summed E-state index contributed by atoms with van der Waals surface area (Å²) in [4.78, 5) is 28.9. The van der Waals surface area contributed by atoms with Crippen molar-refractivity contribution >= 4 is 40.3 Å². The van der Waals surface area contributed by atoms with Gasteiger partial charge in [0.15, 0.2) is 11.9 Å². The Hall–Kier alpha value is -4.11. The molecule has 0 aliphatic carbocycles. The molecule has 0 saturated carbocycles. The summed E-state index contributed by atoms with van der Waals surface area (Å²) < 4.78 is 60.4. The molecule has 3 aromatic rings. The van der Waals surface area contributed by atoms with E-state index in [1.54, 1.807) is 16.8 Å². The topological polar surface area (TPSA) is 110 Å². The predicted molar refractivity (Wildman–Crippen MR) is 200 cm³/mol. The van der Waals surface area contributed by atoms with Crippen molar-refractivity contribution < 1.29 is 32.2 Å². The van der Waals surface area contributed by atoms with Crippen LogP contribution in [-0.2, 0) is 14.3 Å². The third-order valence-corrected chi connectivity index (χ3v) is 9.90. The number of benzene rings is 1. The first kappa shape index (κ1) is 38.6. The number of nitrogens with zero attached hydrogens (tertiary/aromatic N) is 7. The van der Waals surface area contributed by atoms with Gasteiger partial charge in [-0.05, 0) is 84.5 Å². The smallest absolute Gasteiger partial charge is 0.331 e. The number of anilines is 3. The highest BCUT2D eigenvalue weighted by Crippen LogP contribution is 2.36. The maximum absolute atomic E-state index is 14.6. The number of hydrogen-bond acceptors (Lipinski definition) is 11. The number of carbonyl (C=O) groups is 1. The van der Waals surface area contributed by atoms with E-state index in [0.29, 0.717) is 62.2 Å². The fraction of sp³-hybridized carbons (Fsp3) is 0.632. The van der Waals surface area contributed by atoms with Crippen LogP contribution in [0.25, 0.3) is 17.1 Å². The van der Waals surface area contributed by atoms with Gasteiger partial charge in [0.05, 0.1) is 11.1 Å². The van der Waals surface area contributed by atoms with Gasteiger partial charge in [0.2, 0.25) is 5.67 Å². The molecule has 12 nitrogen and oxygen atoms in total. The Morgan fingerprint density at radius 2 is 1.75 bits per heavy atom. The number of rotatable bonds is 14. The number of nitrogens with one attached hydrogen (secondary N) is 1. The maximum atomic E-state index is 14.6. The minimum Gasteiger partial charge on any atom is -0.490 e. The minimum atomic E-state index is -2.69. The van der Waals surface area contributed by atoms with Gasteiger partial charge in [-0.3, -0.25) is 0 Å². The number of ether oxygens (including phenoxy) is 3. The molecule has 290 valence electrons. The molecule has 53 heavy (non-hydrogen) atoms. The third-order valence-electron chi connectivity index (χ3n) is 9.90. The number of carbonyl (C=O) groups excluding carboxylic acids is 1. The molecular formula is C38H53F3N8O4. The van der Waals surface area contributed by atoms with Gasteiger partial charge in [-0.15, -0.1) is 0 Å². The van der Waals surface area contributed by atoms with Crippen LogP contribution in [0.3, 0.4) is 0 Å². The number of likely N-dealkylation sites (tertiary alicyclic amines) is 1. The van der Waals surface area contributed by atoms with E-state index in [9.17, 15) is 18.0 Å². The van der Waals surface area contributed by atoms with Crippen LogP contribution < -0.4 is 19.9 Å². The second-order valence-corrected chi connectivity index (χ2v) is 15.2. The van der Waals surface area contributed by atoms with Gasteiger partial charge in [-0.1, -0.05) is 0 Å². The van der Waals surface area contributed by atoms with E-state index in [0.717, 1.165) is 61.2 Å². The maximum Gasteiger partial charge on any atom is 0.331 e. The van der Waals surface area contributed by atoms with Crippen molar-refractivity contribution in [2.45, 2.75) is 77.3 Å². The largest absolute Gasteiger partial charge is 0.490 e. The second kappa shape index (κ2) is 16.9. The molecule has 3 aliphatic rings. The number of halogens is 3. The van der Waals surface area contributed by atoms with E-state index in [4.69, 9.17) is 24.3 Å². The summed E-state index contributed by atoms with van der Waals surface area (Å²) in [5, 5.41) is 9.14. The average molecular weight is 743 g/mol. The van der Waals surface area contributed by atoms with E-state index in [-0.39, 0.29) is 6.23 Å². The van der Waals surface area contributed by atoms with E-state index < -0.39 is 37.2 Å². The molecule has 1 N–H and O–H groups in total. The summed E-state index contributed by atoms with van der Waals surface area (Å²) in [7, 11) is 0. The van der Waals surface area contributed by atoms with Gasteiger partial charge in [0.1, 0.15) is 43.5 Å². The molecular weight excluding hydrogens is 689 g/mol. The lowest BCUT2D eigenvalue weighted by molar-refractivity contribution is -0.148. The third kappa shape index (κ3) is 9.53. The Bertz CT molecular complexity index is 1720. The molecule has 1 atom stereocenters. The first-order chi connectivity index (χ1) is 25.5. The van der Waals surface area contributed by atoms with Crippen molar-refractivity contribution in [1.82, 2.24) is 24.6 Å². The van der Waals surface area contributed by atoms with E-state index in [1.165, 1.54) is 25.2 Å². The van der Waals surface area contributed by atoms with E-state index in [1.807, 2.05) is 33.8 Å². The lowest BCUT2D eigenvalue weighted by Gasteiger charge is -2.38. The number of esters is 1. The molecule has 0 amide bonds. The van der Waals surface area contributed by atoms with Gasteiger partial charge in [-0.25, -0.2) is 32.6 Å². The molecule has 3 saturated heterocycles. The summed E-state index contributed by atoms with van der Waals surface area (Å²) >= 11 is 0. The van der Waals surface area contributed by atoms with Crippen molar-refractivity contribution in [3.8, 4) is 5.75 Å². The molecule has 0 bridgehead atoms. The van der Waals surface area contributed by atoms with Crippen molar-refractivity contribution in [3.05, 3.63) is 35.8 Å². The summed E-state index contributed by atoms with van der Waals surface area (Å²) in [6.45, 7) is 10.7. The lowest BCUT2D eigenvalue weighted by Crippen LogP contribution is -2.47. The summed E-state index contributed by atoms with van der Waals surface area (Å²) in [6, 6.07) is 3.61. The van der Waals surface area contributed by atoms with Crippen LogP contribution in [0.15, 0.2) is 24.5 Å². The number of fused-ring (bicyclic) bond motifs is 1. The van der Waals surface area contributed by atoms with Crippen molar-refractivity contribution in [2.24, 2.45) is 0 Å². The minimum absolute atomic E-state index is 0.275. The van der Waals surface area contributed by atoms with Crippen molar-refractivity contribution in [3.63, 3.8) is 0 Å². The van der Waals surface area contributed by atoms with Crippen LogP contribution in [0.4, 0.5) is 30.4 Å². The Morgan fingerprint density at radius 1 is 1.02 bits per heavy atom. The van der Waals surface area contributed by atoms with Crippen LogP contribution in [0, 0.1) is 6.92 Å². The highest BCUT2D eigenvalue weighted by Gasteiger charge is 2.32. The Labute approximate surface area is 309 Å². The van der Waals surface area contributed by atoms with Crippen molar-refractivity contribution in [1.29, 1.82) is 0 Å². The molecule has 0 radical (unpaired) electrons. The molecule has 6 rings (SSSR count). The molecule has 5 heterocycles. The molecule has 0 spiro atoms. The fourth-order valence-corrected chi connectivity index (χ4v) is 7.05. The van der Waals surface area contributed by atoms with Crippen molar-refractivity contribution in [2.75, 3.05) is 94.0 Å². The number of alkyl halides is 3. The first-order valence-electron chi connectivity index (χ1n) is 18.8. The summed E-state index contributed by atoms with van der Waals surface area (Å²) in [6.07, 6.45) is 9.51. The predicted octanol–water partition coefficient (Wildman–Crippen LogP) is 6.05. The molecule has 1 aromatic carbocycles. The van der Waals surface area contributed by atoms with Crippen LogP contribution in [-0.4, -0.2) is 121 Å². The average Bonchev–Trinajstić information content (AvgIpc) is 3.82. The molecule has 2 aromatic heterocycles. The number of hydrogen-bond donors (Lipinski definition) is 1. The zero-order valence-electron chi connectivity index (χ0n) is 31.4. The molecule has 3 fully saturated rings. The number of aromatic nitrogens is 4. The Kier molecular flexibility index (Phi) is 12.3. The van der Waals surface area contributed by atoms with Crippen LogP contribution in [0.1, 0.15) is 70.4 Å². The second-order valence-electron chi connectivity index (χ2n) is 15.2.